The standard InChI is InChI=1S/C12H24N6/c1-7-8-9(2)18(6)12-15-10(13-3)14-11(16-12)17(4)5/h9H,7-8H2,1-6H3,(H,13,14,15,16). The predicted octanol–water partition coefficient (Wildman–Crippen LogP) is 1.60. The molecule has 0 aliphatic heterocycles. The predicted molar refractivity (Wildman–Crippen MR) is 76.5 cm³/mol. The van der Waals surface area contributed by atoms with E-state index >= 15 is 0 Å². The first-order chi connectivity index (χ1) is 8.49. The summed E-state index contributed by atoms with van der Waals surface area (Å²) >= 11 is 0. The lowest BCUT2D eigenvalue weighted by atomic mass is 10.2. The lowest BCUT2D eigenvalue weighted by Gasteiger charge is -2.25. The van der Waals surface area contributed by atoms with Crippen LogP contribution in [-0.2, 0) is 0 Å². The molecule has 6 nitrogen and oxygen atoms in total. The molecule has 1 N–H and O–H groups in total. The van der Waals surface area contributed by atoms with Gasteiger partial charge in [-0.2, -0.15) is 15.0 Å². The molecule has 0 amide bonds. The average Bonchev–Trinajstić information content (AvgIpc) is 2.37. The zero-order valence-corrected chi connectivity index (χ0v) is 12.2. The molecular weight excluding hydrogens is 228 g/mol. The molecule has 1 unspecified atom stereocenters. The lowest BCUT2D eigenvalue weighted by molar-refractivity contribution is 0.604. The molecule has 0 bridgehead atoms. The van der Waals surface area contributed by atoms with Crippen molar-refractivity contribution in [2.75, 3.05) is 43.3 Å². The zero-order valence-electron chi connectivity index (χ0n) is 12.2. The largest absolute Gasteiger partial charge is 0.357 e. The number of hydrogen-bond acceptors (Lipinski definition) is 6. The Hall–Kier alpha value is -1.59. The van der Waals surface area contributed by atoms with Gasteiger partial charge in [-0.15, -0.1) is 0 Å². The topological polar surface area (TPSA) is 57.2 Å². The van der Waals surface area contributed by atoms with E-state index in [1.807, 2.05) is 33.1 Å². The second kappa shape index (κ2) is 6.37. The first-order valence-electron chi connectivity index (χ1n) is 6.33. The van der Waals surface area contributed by atoms with Crippen molar-refractivity contribution in [3.63, 3.8) is 0 Å². The maximum absolute atomic E-state index is 4.47. The van der Waals surface area contributed by atoms with E-state index in [4.69, 9.17) is 0 Å². The molecule has 1 heterocycles. The fourth-order valence-corrected chi connectivity index (χ4v) is 1.63. The fraction of sp³-hybridized carbons (Fsp3) is 0.750. The Morgan fingerprint density at radius 3 is 2.22 bits per heavy atom. The van der Waals surface area contributed by atoms with Gasteiger partial charge in [0.2, 0.25) is 17.8 Å². The van der Waals surface area contributed by atoms with Crippen LogP contribution in [0.4, 0.5) is 17.8 Å². The van der Waals surface area contributed by atoms with Crippen molar-refractivity contribution in [3.05, 3.63) is 0 Å². The minimum Gasteiger partial charge on any atom is -0.357 e. The maximum Gasteiger partial charge on any atom is 0.231 e. The third-order valence-corrected chi connectivity index (χ3v) is 2.92. The zero-order chi connectivity index (χ0) is 13.7. The van der Waals surface area contributed by atoms with Crippen LogP contribution in [0.15, 0.2) is 0 Å². The van der Waals surface area contributed by atoms with E-state index in [0.717, 1.165) is 12.8 Å². The molecule has 0 fully saturated rings. The van der Waals surface area contributed by atoms with E-state index in [0.29, 0.717) is 23.9 Å². The lowest BCUT2D eigenvalue weighted by Crippen LogP contribution is -2.31. The second-order valence-corrected chi connectivity index (χ2v) is 4.65. The van der Waals surface area contributed by atoms with Gasteiger partial charge >= 0.3 is 0 Å². The molecule has 0 saturated carbocycles. The molecule has 1 aromatic rings. The highest BCUT2D eigenvalue weighted by molar-refractivity contribution is 5.44. The highest BCUT2D eigenvalue weighted by atomic mass is 15.3. The van der Waals surface area contributed by atoms with Crippen LogP contribution < -0.4 is 15.1 Å². The fourth-order valence-electron chi connectivity index (χ4n) is 1.63. The highest BCUT2D eigenvalue weighted by Crippen LogP contribution is 2.17. The van der Waals surface area contributed by atoms with Gasteiger partial charge in [0.15, 0.2) is 0 Å². The molecule has 102 valence electrons. The summed E-state index contributed by atoms with van der Waals surface area (Å²) in [4.78, 5) is 17.2. The number of aromatic nitrogens is 3. The second-order valence-electron chi connectivity index (χ2n) is 4.65. The molecule has 6 heteroatoms. The Morgan fingerprint density at radius 2 is 1.72 bits per heavy atom. The van der Waals surface area contributed by atoms with Crippen LogP contribution in [0.2, 0.25) is 0 Å². The number of nitrogens with one attached hydrogen (secondary N) is 1. The summed E-state index contributed by atoms with van der Waals surface area (Å²) in [5, 5.41) is 2.97. The number of anilines is 3. The molecule has 0 aliphatic carbocycles. The molecule has 0 radical (unpaired) electrons. The minimum atomic E-state index is 0.414. The summed E-state index contributed by atoms with van der Waals surface area (Å²) in [6, 6.07) is 0.414. The van der Waals surface area contributed by atoms with Crippen molar-refractivity contribution >= 4 is 17.8 Å². The van der Waals surface area contributed by atoms with Crippen LogP contribution in [0.5, 0.6) is 0 Å². The van der Waals surface area contributed by atoms with E-state index < -0.39 is 0 Å². The Labute approximate surface area is 109 Å². The van der Waals surface area contributed by atoms with Crippen LogP contribution in [0, 0.1) is 0 Å². The third-order valence-electron chi connectivity index (χ3n) is 2.92. The molecule has 1 aromatic heterocycles. The third kappa shape index (κ3) is 3.45. The van der Waals surface area contributed by atoms with Crippen LogP contribution in [0.1, 0.15) is 26.7 Å². The van der Waals surface area contributed by atoms with Gasteiger partial charge in [0.05, 0.1) is 0 Å². The van der Waals surface area contributed by atoms with Crippen LogP contribution in [-0.4, -0.2) is 49.2 Å². The quantitative estimate of drug-likeness (QED) is 0.830. The van der Waals surface area contributed by atoms with E-state index in [2.05, 4.69) is 39.0 Å². The van der Waals surface area contributed by atoms with Gasteiger partial charge in [-0.3, -0.25) is 0 Å². The highest BCUT2D eigenvalue weighted by Gasteiger charge is 2.15. The SMILES string of the molecule is CCCC(C)N(C)c1nc(NC)nc(N(C)C)n1. The van der Waals surface area contributed by atoms with Crippen molar-refractivity contribution in [2.45, 2.75) is 32.7 Å². The van der Waals surface area contributed by atoms with E-state index in [-0.39, 0.29) is 0 Å². The monoisotopic (exact) mass is 252 g/mol. The van der Waals surface area contributed by atoms with Crippen LogP contribution in [0.25, 0.3) is 0 Å². The molecule has 1 atom stereocenters. The average molecular weight is 252 g/mol. The summed E-state index contributed by atoms with van der Waals surface area (Å²) in [5.41, 5.74) is 0. The van der Waals surface area contributed by atoms with Crippen LogP contribution in [0.3, 0.4) is 0 Å². The van der Waals surface area contributed by atoms with E-state index in [1.165, 1.54) is 0 Å². The maximum atomic E-state index is 4.47. The minimum absolute atomic E-state index is 0.414. The Bertz CT molecular complexity index is 379. The van der Waals surface area contributed by atoms with Crippen molar-refractivity contribution in [1.82, 2.24) is 15.0 Å². The summed E-state index contributed by atoms with van der Waals surface area (Å²) in [5.74, 6) is 1.97. The Kier molecular flexibility index (Phi) is 5.12. The molecule has 18 heavy (non-hydrogen) atoms. The van der Waals surface area contributed by atoms with Crippen molar-refractivity contribution < 1.29 is 0 Å². The van der Waals surface area contributed by atoms with Gasteiger partial charge in [-0.1, -0.05) is 13.3 Å². The van der Waals surface area contributed by atoms with Crippen molar-refractivity contribution in [2.24, 2.45) is 0 Å². The van der Waals surface area contributed by atoms with Crippen molar-refractivity contribution in [1.29, 1.82) is 0 Å². The number of rotatable bonds is 6. The number of hydrogen-bond donors (Lipinski definition) is 1. The molecule has 0 spiro atoms. The molecule has 1 rings (SSSR count). The van der Waals surface area contributed by atoms with Gasteiger partial charge in [0.1, 0.15) is 0 Å². The summed E-state index contributed by atoms with van der Waals surface area (Å²) in [6.07, 6.45) is 2.27. The van der Waals surface area contributed by atoms with Gasteiger partial charge in [-0.25, -0.2) is 0 Å². The van der Waals surface area contributed by atoms with Gasteiger partial charge < -0.3 is 15.1 Å². The summed E-state index contributed by atoms with van der Waals surface area (Å²) in [7, 11) is 7.69. The smallest absolute Gasteiger partial charge is 0.231 e. The van der Waals surface area contributed by atoms with Gasteiger partial charge in [-0.05, 0) is 13.3 Å². The van der Waals surface area contributed by atoms with Gasteiger partial charge in [0.25, 0.3) is 0 Å². The molecule has 0 saturated heterocycles. The number of nitrogens with zero attached hydrogens (tertiary/aromatic N) is 5. The normalized spacial score (nSPS) is 12.1. The summed E-state index contributed by atoms with van der Waals surface area (Å²) < 4.78 is 0. The summed E-state index contributed by atoms with van der Waals surface area (Å²) in [6.45, 7) is 4.36. The molecule has 0 aliphatic rings. The van der Waals surface area contributed by atoms with Crippen LogP contribution >= 0.6 is 0 Å². The van der Waals surface area contributed by atoms with Gasteiger partial charge in [0, 0.05) is 34.2 Å². The van der Waals surface area contributed by atoms with Crippen molar-refractivity contribution in [3.8, 4) is 0 Å². The molecule has 0 aromatic carbocycles. The van der Waals surface area contributed by atoms with E-state index in [9.17, 15) is 0 Å². The molecular formula is C12H24N6. The van der Waals surface area contributed by atoms with E-state index in [1.54, 1.807) is 0 Å². The Morgan fingerprint density at radius 1 is 1.11 bits per heavy atom. The first-order valence-corrected chi connectivity index (χ1v) is 6.33. The Balaban J connectivity index is 3.03. The first kappa shape index (κ1) is 14.5.